The van der Waals surface area contributed by atoms with Crippen LogP contribution in [0.4, 0.5) is 5.13 Å². The Bertz CT molecular complexity index is 1110. The van der Waals surface area contributed by atoms with Crippen LogP contribution < -0.4 is 10.6 Å². The summed E-state index contributed by atoms with van der Waals surface area (Å²) in [4.78, 5) is 33.2. The fraction of sp³-hybridized carbons (Fsp3) is 0.423. The number of benzene rings is 1. The van der Waals surface area contributed by atoms with Crippen molar-refractivity contribution in [2.45, 2.75) is 45.1 Å². The lowest BCUT2D eigenvalue weighted by molar-refractivity contribution is -0.123. The Kier molecular flexibility index (Phi) is 9.00. The van der Waals surface area contributed by atoms with Crippen LogP contribution in [0.5, 0.6) is 0 Å². The van der Waals surface area contributed by atoms with Gasteiger partial charge in [0.05, 0.1) is 11.6 Å². The monoisotopic (exact) mass is 532 g/mol. The number of carbonyl (C=O) groups excluding carboxylic acids is 2. The van der Waals surface area contributed by atoms with Crippen LogP contribution in [0, 0.1) is 5.92 Å². The van der Waals surface area contributed by atoms with E-state index in [2.05, 4.69) is 20.5 Å². The van der Waals surface area contributed by atoms with Gasteiger partial charge < -0.3 is 5.32 Å². The zero-order valence-electron chi connectivity index (χ0n) is 19.7. The first-order valence-electron chi connectivity index (χ1n) is 12.0. The molecule has 0 saturated carbocycles. The molecule has 2 amide bonds. The topological polar surface area (TPSA) is 74.3 Å². The lowest BCUT2D eigenvalue weighted by Gasteiger charge is -2.22. The van der Waals surface area contributed by atoms with E-state index in [1.54, 1.807) is 12.2 Å². The van der Waals surface area contributed by atoms with Crippen LogP contribution in [-0.2, 0) is 22.6 Å². The van der Waals surface area contributed by atoms with Crippen molar-refractivity contribution in [1.82, 2.24) is 15.2 Å². The predicted molar refractivity (Wildman–Crippen MR) is 143 cm³/mol. The predicted octanol–water partition coefficient (Wildman–Crippen LogP) is 5.58. The maximum atomic E-state index is 13.1. The average Bonchev–Trinajstić information content (AvgIpc) is 3.46. The number of thiazole rings is 1. The minimum absolute atomic E-state index is 0.0229. The number of hydrogen-bond acceptors (Lipinski definition) is 5. The van der Waals surface area contributed by atoms with Gasteiger partial charge in [0.25, 0.3) is 0 Å². The lowest BCUT2D eigenvalue weighted by Crippen LogP contribution is -2.35. The summed E-state index contributed by atoms with van der Waals surface area (Å²) in [5.74, 6) is -0.0788. The molecular weight excluding hydrogens is 503 g/mol. The number of rotatable bonds is 8. The van der Waals surface area contributed by atoms with Crippen molar-refractivity contribution in [1.29, 1.82) is 0 Å². The van der Waals surface area contributed by atoms with Crippen molar-refractivity contribution in [2.75, 3.05) is 25.0 Å². The Balaban J connectivity index is 1.30. The molecule has 2 aliphatic rings. The molecule has 1 aliphatic heterocycles. The second kappa shape index (κ2) is 12.2. The maximum Gasteiger partial charge on any atom is 0.250 e. The van der Waals surface area contributed by atoms with Gasteiger partial charge in [-0.1, -0.05) is 47.5 Å². The molecule has 2 unspecified atom stereocenters. The van der Waals surface area contributed by atoms with Crippen LogP contribution in [-0.4, -0.2) is 41.3 Å². The molecule has 1 aromatic heterocycles. The number of fused-ring (bicyclic) bond motifs is 1. The number of aromatic nitrogens is 1. The van der Waals surface area contributed by atoms with Crippen molar-refractivity contribution in [3.05, 3.63) is 68.7 Å². The van der Waals surface area contributed by atoms with Crippen LogP contribution in [0.15, 0.2) is 42.5 Å². The summed E-state index contributed by atoms with van der Waals surface area (Å²) in [6.07, 6.45) is 10.4. The molecule has 1 aromatic carbocycles. The van der Waals surface area contributed by atoms with Gasteiger partial charge in [0.15, 0.2) is 5.13 Å². The largest absolute Gasteiger partial charge is 0.355 e. The zero-order valence-corrected chi connectivity index (χ0v) is 22.1. The second-order valence-corrected chi connectivity index (χ2v) is 10.9. The van der Waals surface area contributed by atoms with E-state index in [1.807, 2.05) is 31.2 Å². The van der Waals surface area contributed by atoms with Crippen molar-refractivity contribution >= 4 is 51.5 Å². The Hall–Kier alpha value is -2.19. The van der Waals surface area contributed by atoms with E-state index in [4.69, 9.17) is 23.2 Å². The Morgan fingerprint density at radius 2 is 2.03 bits per heavy atom. The summed E-state index contributed by atoms with van der Waals surface area (Å²) in [5.41, 5.74) is 1.77. The highest BCUT2D eigenvalue weighted by Gasteiger charge is 2.31. The van der Waals surface area contributed by atoms with Crippen LogP contribution in [0.3, 0.4) is 0 Å². The van der Waals surface area contributed by atoms with Crippen LogP contribution in [0.1, 0.15) is 48.2 Å². The first-order valence-corrected chi connectivity index (χ1v) is 13.5. The van der Waals surface area contributed by atoms with Gasteiger partial charge in [0.1, 0.15) is 0 Å². The smallest absolute Gasteiger partial charge is 0.250 e. The van der Waals surface area contributed by atoms with Gasteiger partial charge in [0.2, 0.25) is 11.8 Å². The van der Waals surface area contributed by atoms with Gasteiger partial charge in [0, 0.05) is 46.2 Å². The molecule has 186 valence electrons. The van der Waals surface area contributed by atoms with Gasteiger partial charge in [-0.05, 0) is 57.2 Å². The molecule has 9 heteroatoms. The first kappa shape index (κ1) is 25.9. The number of halogens is 2. The highest BCUT2D eigenvalue weighted by molar-refractivity contribution is 7.15. The Labute approximate surface area is 220 Å². The molecule has 1 fully saturated rings. The van der Waals surface area contributed by atoms with Crippen molar-refractivity contribution in [2.24, 2.45) is 5.92 Å². The van der Waals surface area contributed by atoms with Crippen LogP contribution in [0.25, 0.3) is 0 Å². The lowest BCUT2D eigenvalue weighted by atomic mass is 9.90. The van der Waals surface area contributed by atoms with E-state index in [1.165, 1.54) is 17.4 Å². The normalized spacial score (nSPS) is 20.4. The molecule has 35 heavy (non-hydrogen) atoms. The molecule has 4 rings (SSSR count). The molecule has 2 aromatic rings. The van der Waals surface area contributed by atoms with Gasteiger partial charge in [-0.15, -0.1) is 11.3 Å². The number of carbonyl (C=O) groups is 2. The summed E-state index contributed by atoms with van der Waals surface area (Å²) in [6, 6.07) is 5.59. The molecule has 6 nitrogen and oxygen atoms in total. The van der Waals surface area contributed by atoms with E-state index in [9.17, 15) is 9.59 Å². The number of hydrogen-bond donors (Lipinski definition) is 2. The zero-order chi connectivity index (χ0) is 24.8. The van der Waals surface area contributed by atoms with E-state index in [0.717, 1.165) is 54.9 Å². The molecule has 1 saturated heterocycles. The summed E-state index contributed by atoms with van der Waals surface area (Å²) in [5, 5.41) is 7.92. The summed E-state index contributed by atoms with van der Waals surface area (Å²) < 4.78 is 0. The molecule has 2 N–H and O–H groups in total. The molecular formula is C26H30Cl2N4O2S. The number of likely N-dealkylation sites (tertiary alicyclic amines) is 1. The third kappa shape index (κ3) is 6.73. The molecule has 0 spiro atoms. The number of aryl methyl sites for hydroxylation is 1. The average molecular weight is 534 g/mol. The number of amides is 2. The molecule has 2 heterocycles. The third-order valence-corrected chi connectivity index (χ3v) is 8.18. The molecule has 1 aliphatic carbocycles. The highest BCUT2D eigenvalue weighted by Crippen LogP contribution is 2.37. The maximum absolute atomic E-state index is 13.1. The van der Waals surface area contributed by atoms with E-state index < -0.39 is 0 Å². The van der Waals surface area contributed by atoms with Crippen molar-refractivity contribution < 1.29 is 9.59 Å². The molecule has 0 radical (unpaired) electrons. The summed E-state index contributed by atoms with van der Waals surface area (Å²) in [7, 11) is 0. The number of allylic oxidation sites excluding steroid dienone is 3. The standard InChI is InChI=1S/C26H30Cl2N4O2S/c1-2-3-4-11-23(33)30-26-31-24-18(7-5-10-22(24)35-26)25(34)29-14-17-12-13-32(15-17)16-19-20(27)8-6-9-21(19)28/h2-4,6,8-9,11,17-18H,5,7,10,12-16H2,1H3,(H,29,34)(H,30,31,33). The molecule has 0 bridgehead atoms. The van der Waals surface area contributed by atoms with E-state index in [-0.39, 0.29) is 17.7 Å². The second-order valence-electron chi connectivity index (χ2n) is 8.98. The Morgan fingerprint density at radius 1 is 1.23 bits per heavy atom. The molecule has 2 atom stereocenters. The van der Waals surface area contributed by atoms with Gasteiger partial charge >= 0.3 is 0 Å². The summed E-state index contributed by atoms with van der Waals surface area (Å²) >= 11 is 14.1. The minimum Gasteiger partial charge on any atom is -0.355 e. The third-order valence-electron chi connectivity index (χ3n) is 6.43. The summed E-state index contributed by atoms with van der Waals surface area (Å²) in [6.45, 7) is 5.09. The number of nitrogens with one attached hydrogen (secondary N) is 2. The van der Waals surface area contributed by atoms with Crippen LogP contribution in [0.2, 0.25) is 10.0 Å². The fourth-order valence-corrected chi connectivity index (χ4v) is 6.21. The van der Waals surface area contributed by atoms with Gasteiger partial charge in [-0.2, -0.15) is 0 Å². The van der Waals surface area contributed by atoms with Crippen LogP contribution >= 0.6 is 34.5 Å². The van der Waals surface area contributed by atoms with Gasteiger partial charge in [-0.3, -0.25) is 19.8 Å². The number of anilines is 1. The highest BCUT2D eigenvalue weighted by atomic mass is 35.5. The quantitative estimate of drug-likeness (QED) is 0.343. The van der Waals surface area contributed by atoms with Crippen molar-refractivity contribution in [3.8, 4) is 0 Å². The van der Waals surface area contributed by atoms with E-state index in [0.29, 0.717) is 34.2 Å². The minimum atomic E-state index is -0.265. The first-order chi connectivity index (χ1) is 16.9. The Morgan fingerprint density at radius 3 is 2.80 bits per heavy atom. The van der Waals surface area contributed by atoms with Gasteiger partial charge in [-0.25, -0.2) is 4.98 Å². The van der Waals surface area contributed by atoms with Crippen molar-refractivity contribution in [3.63, 3.8) is 0 Å². The number of nitrogens with zero attached hydrogens (tertiary/aromatic N) is 2. The van der Waals surface area contributed by atoms with E-state index >= 15 is 0 Å². The SMILES string of the molecule is CC=CC=CC(=O)Nc1nc2c(s1)CCCC2C(=O)NCC1CCN(Cc2c(Cl)cccc2Cl)C1. The fourth-order valence-electron chi connectivity index (χ4n) is 4.63.